The third kappa shape index (κ3) is 5.14. The third-order valence-electron chi connectivity index (χ3n) is 9.87. The number of thioether (sulfide) groups is 1. The number of methoxy groups -OCH3 is 2. The van der Waals surface area contributed by atoms with Crippen LogP contribution in [-0.4, -0.2) is 61.4 Å². The first-order chi connectivity index (χ1) is 23.2. The first kappa shape index (κ1) is 31.9. The molecular formula is C38H41N6O3S+. The lowest BCUT2D eigenvalue weighted by atomic mass is 9.90. The lowest BCUT2D eigenvalue weighted by Gasteiger charge is -2.54. The predicted molar refractivity (Wildman–Crippen MR) is 189 cm³/mol. The predicted octanol–water partition coefficient (Wildman–Crippen LogP) is 7.00. The van der Waals surface area contributed by atoms with E-state index in [0.29, 0.717) is 34.9 Å². The molecule has 2 fully saturated rings. The van der Waals surface area contributed by atoms with E-state index in [0.717, 1.165) is 28.1 Å². The number of tetrazole rings is 1. The smallest absolute Gasteiger partial charge is 0.286 e. The van der Waals surface area contributed by atoms with Crippen molar-refractivity contribution in [3.8, 4) is 11.5 Å². The van der Waals surface area contributed by atoms with Crippen molar-refractivity contribution >= 4 is 29.0 Å². The minimum Gasteiger partial charge on any atom is -0.497 e. The molecule has 1 aromatic heterocycles. The normalized spacial score (nSPS) is 19.9. The number of fused-ring (bicyclic) bond motifs is 1. The Kier molecular flexibility index (Phi) is 8.25. The van der Waals surface area contributed by atoms with Crippen molar-refractivity contribution in [3.05, 3.63) is 125 Å². The summed E-state index contributed by atoms with van der Waals surface area (Å²) in [7, 11) is 3.27. The van der Waals surface area contributed by atoms with E-state index in [1.165, 1.54) is 5.56 Å². The first-order valence-corrected chi connectivity index (χ1v) is 17.1. The quantitative estimate of drug-likeness (QED) is 0.118. The van der Waals surface area contributed by atoms with Gasteiger partial charge in [0, 0.05) is 33.1 Å². The Balaban J connectivity index is 1.34. The van der Waals surface area contributed by atoms with Crippen LogP contribution < -0.4 is 14.0 Å². The Hall–Kier alpha value is -4.67. The van der Waals surface area contributed by atoms with Crippen LogP contribution in [0, 0.1) is 13.8 Å². The lowest BCUT2D eigenvalue weighted by Crippen LogP contribution is -2.74. The largest absolute Gasteiger partial charge is 0.497 e. The highest BCUT2D eigenvalue weighted by atomic mass is 32.2. The number of rotatable bonds is 10. The van der Waals surface area contributed by atoms with Crippen molar-refractivity contribution in [2.75, 3.05) is 14.2 Å². The number of quaternary nitrogens is 1. The van der Waals surface area contributed by atoms with Crippen LogP contribution in [0.15, 0.2) is 97.1 Å². The number of aryl methyl sites for hydroxylation is 2. The molecule has 10 heteroatoms. The Bertz CT molecular complexity index is 1920. The molecule has 0 saturated carbocycles. The number of carbonyl (C=O) groups is 1. The highest BCUT2D eigenvalue weighted by Crippen LogP contribution is 2.61. The monoisotopic (exact) mass is 661 g/mol. The van der Waals surface area contributed by atoms with Gasteiger partial charge < -0.3 is 14.4 Å². The summed E-state index contributed by atoms with van der Waals surface area (Å²) in [4.78, 5) is 17.1. The molecule has 7 rings (SSSR count). The topological polar surface area (TPSA) is 82.4 Å². The van der Waals surface area contributed by atoms with Crippen LogP contribution >= 0.6 is 11.8 Å². The second kappa shape index (κ2) is 12.4. The van der Waals surface area contributed by atoms with Gasteiger partial charge in [0.1, 0.15) is 40.8 Å². The molecule has 9 nitrogen and oxygen atoms in total. The van der Waals surface area contributed by atoms with Gasteiger partial charge in [-0.25, -0.2) is 9.16 Å². The maximum Gasteiger partial charge on any atom is 0.286 e. The number of β-lactam (4-membered cyclic amide) rings is 1. The number of benzene rings is 4. The summed E-state index contributed by atoms with van der Waals surface area (Å²) in [6.45, 7) is 9.74. The number of nitrogens with zero attached hydrogens (tertiary/aromatic N) is 6. The molecule has 2 saturated heterocycles. The van der Waals surface area contributed by atoms with Gasteiger partial charge in [-0.3, -0.25) is 4.79 Å². The van der Waals surface area contributed by atoms with Crippen molar-refractivity contribution in [1.82, 2.24) is 29.6 Å². The number of para-hydroxylation sites is 2. The van der Waals surface area contributed by atoms with E-state index in [2.05, 4.69) is 116 Å². The first-order valence-electron chi connectivity index (χ1n) is 16.2. The summed E-state index contributed by atoms with van der Waals surface area (Å²) in [5.74, 6) is 2.16. The van der Waals surface area contributed by atoms with Crippen molar-refractivity contribution in [2.45, 2.75) is 63.0 Å². The van der Waals surface area contributed by atoms with Gasteiger partial charge in [0.15, 0.2) is 5.82 Å². The number of aromatic nitrogens is 4. The van der Waals surface area contributed by atoms with Gasteiger partial charge in [0.2, 0.25) is 6.04 Å². The van der Waals surface area contributed by atoms with Gasteiger partial charge in [-0.2, -0.15) is 0 Å². The molecular weight excluding hydrogens is 621 g/mol. The van der Waals surface area contributed by atoms with Crippen LogP contribution in [-0.2, 0) is 17.9 Å². The Morgan fingerprint density at radius 3 is 2.12 bits per heavy atom. The standard InChI is InChI=1S/C38H41N6O3S/c1-25-14-10-12-18-30(25)44(24-27-16-8-7-9-17-27,31-19-13-11-15-26(31)2)33-36(45)43-34(38(3,4)48-37(33)43)35-39-40-41-42(35)23-28-20-21-29(46-5)22-32(28)47-6/h7-22,33-34,37H,23-24H2,1-6H3/q+1/t33?,34?,37-/m0/s1. The second-order valence-electron chi connectivity index (χ2n) is 13.2. The molecule has 0 aliphatic carbocycles. The van der Waals surface area contributed by atoms with Gasteiger partial charge in [0.05, 0.1) is 20.8 Å². The molecule has 2 aliphatic heterocycles. The Morgan fingerprint density at radius 2 is 1.50 bits per heavy atom. The third-order valence-corrected chi connectivity index (χ3v) is 11.4. The summed E-state index contributed by atoms with van der Waals surface area (Å²) in [6.07, 6.45) is 0. The average Bonchev–Trinajstić information content (AvgIpc) is 3.63. The molecule has 3 atom stereocenters. The summed E-state index contributed by atoms with van der Waals surface area (Å²) < 4.78 is 12.9. The van der Waals surface area contributed by atoms with E-state index < -0.39 is 0 Å². The van der Waals surface area contributed by atoms with Crippen molar-refractivity contribution < 1.29 is 14.3 Å². The van der Waals surface area contributed by atoms with Gasteiger partial charge >= 0.3 is 0 Å². The molecule has 0 N–H and O–H groups in total. The molecule has 4 aromatic carbocycles. The van der Waals surface area contributed by atoms with Gasteiger partial charge in [-0.1, -0.05) is 66.7 Å². The maximum absolute atomic E-state index is 15.1. The van der Waals surface area contributed by atoms with E-state index in [1.54, 1.807) is 18.9 Å². The summed E-state index contributed by atoms with van der Waals surface area (Å²) in [6, 6.07) is 32.6. The Labute approximate surface area is 286 Å². The van der Waals surface area contributed by atoms with Crippen molar-refractivity contribution in [2.24, 2.45) is 0 Å². The summed E-state index contributed by atoms with van der Waals surface area (Å²) in [5, 5.41) is 13.0. The highest BCUT2D eigenvalue weighted by molar-refractivity contribution is 8.01. The molecule has 246 valence electrons. The lowest BCUT2D eigenvalue weighted by molar-refractivity contribution is -0.154. The maximum atomic E-state index is 15.1. The number of amides is 1. The zero-order valence-corrected chi connectivity index (χ0v) is 29.0. The second-order valence-corrected chi connectivity index (χ2v) is 14.9. The summed E-state index contributed by atoms with van der Waals surface area (Å²) in [5.41, 5.74) is 6.65. The van der Waals surface area contributed by atoms with Crippen LogP contribution in [0.4, 0.5) is 11.4 Å². The molecule has 48 heavy (non-hydrogen) atoms. The van der Waals surface area contributed by atoms with Crippen LogP contribution in [0.5, 0.6) is 11.5 Å². The van der Waals surface area contributed by atoms with Gasteiger partial charge in [-0.05, 0) is 62.4 Å². The number of carbonyl (C=O) groups excluding carboxylic acids is 1. The van der Waals surface area contributed by atoms with Gasteiger partial charge in [0.25, 0.3) is 5.91 Å². The zero-order chi connectivity index (χ0) is 33.6. The zero-order valence-electron chi connectivity index (χ0n) is 28.2. The molecule has 0 spiro atoms. The van der Waals surface area contributed by atoms with E-state index in [4.69, 9.17) is 9.47 Å². The average molecular weight is 662 g/mol. The molecule has 0 radical (unpaired) electrons. The van der Waals surface area contributed by atoms with Crippen LogP contribution in [0.2, 0.25) is 0 Å². The molecule has 1 amide bonds. The van der Waals surface area contributed by atoms with Crippen LogP contribution in [0.3, 0.4) is 0 Å². The van der Waals surface area contributed by atoms with Crippen molar-refractivity contribution in [3.63, 3.8) is 0 Å². The molecule has 2 unspecified atom stereocenters. The van der Waals surface area contributed by atoms with E-state index in [1.807, 2.05) is 40.9 Å². The van der Waals surface area contributed by atoms with Crippen LogP contribution in [0.1, 0.15) is 48.0 Å². The van der Waals surface area contributed by atoms with E-state index in [9.17, 15) is 0 Å². The van der Waals surface area contributed by atoms with E-state index >= 15 is 4.79 Å². The fraction of sp³-hybridized carbons (Fsp3) is 0.316. The summed E-state index contributed by atoms with van der Waals surface area (Å²) >= 11 is 1.84. The van der Waals surface area contributed by atoms with E-state index in [-0.39, 0.29) is 28.1 Å². The Morgan fingerprint density at radius 1 is 0.854 bits per heavy atom. The van der Waals surface area contributed by atoms with Crippen molar-refractivity contribution in [1.29, 1.82) is 0 Å². The number of hydrogen-bond acceptors (Lipinski definition) is 7. The molecule has 2 aliphatic rings. The highest BCUT2D eigenvalue weighted by Gasteiger charge is 2.70. The molecule has 5 aromatic rings. The number of ether oxygens (including phenoxy) is 2. The SMILES string of the molecule is COc1ccc(Cn2nnnc2C2N3C(=O)C([N+](Cc4ccccc4)(c4ccccc4C)c4ccccc4C)[C@@H]3SC2(C)C)c(OC)c1. The van der Waals surface area contributed by atoms with Gasteiger partial charge in [-0.15, -0.1) is 16.9 Å². The molecule has 3 heterocycles. The fourth-order valence-electron chi connectivity index (χ4n) is 7.67. The fourth-order valence-corrected chi connectivity index (χ4v) is 9.44. The minimum atomic E-state index is -0.370. The van der Waals surface area contributed by atoms with Crippen LogP contribution in [0.25, 0.3) is 0 Å². The molecule has 0 bridgehead atoms. The minimum absolute atomic E-state index is 0.0992. The number of hydrogen-bond donors (Lipinski definition) is 0.